The Morgan fingerprint density at radius 1 is 1.29 bits per heavy atom. The van der Waals surface area contributed by atoms with E-state index in [4.69, 9.17) is 10.5 Å². The molecule has 1 aliphatic carbocycles. The molecule has 2 N–H and O–H groups in total. The highest BCUT2D eigenvalue weighted by Gasteiger charge is 2.42. The summed E-state index contributed by atoms with van der Waals surface area (Å²) in [6.07, 6.45) is 4.72. The Morgan fingerprint density at radius 2 is 1.94 bits per heavy atom. The standard InChI is InChI=1S/C15H23NO/c1-12(11-16)14-5-3-13(4-6-14)7-8-15(17-2)9-10-15/h3-6,12H,7-11,16H2,1-2H3. The van der Waals surface area contributed by atoms with Gasteiger partial charge in [-0.2, -0.15) is 0 Å². The Bertz CT molecular complexity index is 354. The van der Waals surface area contributed by atoms with E-state index in [0.717, 1.165) is 12.8 Å². The summed E-state index contributed by atoms with van der Waals surface area (Å²) in [4.78, 5) is 0. The summed E-state index contributed by atoms with van der Waals surface area (Å²) < 4.78 is 5.53. The van der Waals surface area contributed by atoms with Crippen LogP contribution in [0, 0.1) is 0 Å². The van der Waals surface area contributed by atoms with Gasteiger partial charge in [0.05, 0.1) is 5.60 Å². The second kappa shape index (κ2) is 5.19. The zero-order valence-corrected chi connectivity index (χ0v) is 10.9. The first-order valence-corrected chi connectivity index (χ1v) is 6.53. The van der Waals surface area contributed by atoms with Crippen molar-refractivity contribution in [2.24, 2.45) is 5.73 Å². The fraction of sp³-hybridized carbons (Fsp3) is 0.600. The average molecular weight is 233 g/mol. The van der Waals surface area contributed by atoms with Gasteiger partial charge in [-0.3, -0.25) is 0 Å². The van der Waals surface area contributed by atoms with Gasteiger partial charge in [-0.05, 0) is 49.3 Å². The number of methoxy groups -OCH3 is 1. The van der Waals surface area contributed by atoms with Crippen LogP contribution in [0.1, 0.15) is 43.2 Å². The normalized spacial score (nSPS) is 19.0. The van der Waals surface area contributed by atoms with Crippen LogP contribution >= 0.6 is 0 Å². The second-order valence-corrected chi connectivity index (χ2v) is 5.27. The Balaban J connectivity index is 1.90. The fourth-order valence-corrected chi connectivity index (χ4v) is 2.22. The minimum absolute atomic E-state index is 0.212. The second-order valence-electron chi connectivity index (χ2n) is 5.27. The van der Waals surface area contributed by atoms with E-state index in [9.17, 15) is 0 Å². The number of rotatable bonds is 6. The zero-order valence-electron chi connectivity index (χ0n) is 10.9. The smallest absolute Gasteiger partial charge is 0.0684 e. The Kier molecular flexibility index (Phi) is 3.85. The monoisotopic (exact) mass is 233 g/mol. The molecule has 0 saturated heterocycles. The zero-order chi connectivity index (χ0) is 12.3. The van der Waals surface area contributed by atoms with Crippen LogP contribution in [0.5, 0.6) is 0 Å². The third-order valence-electron chi connectivity index (χ3n) is 4.01. The summed E-state index contributed by atoms with van der Waals surface area (Å²) >= 11 is 0. The van der Waals surface area contributed by atoms with Crippen LogP contribution in [-0.4, -0.2) is 19.3 Å². The van der Waals surface area contributed by atoms with Crippen LogP contribution in [0.4, 0.5) is 0 Å². The van der Waals surface area contributed by atoms with Crippen LogP contribution in [0.25, 0.3) is 0 Å². The lowest BCUT2D eigenvalue weighted by molar-refractivity contribution is 0.0731. The molecule has 0 bridgehead atoms. The molecule has 0 heterocycles. The average Bonchev–Trinajstić information content (AvgIpc) is 3.17. The molecule has 0 aromatic heterocycles. The van der Waals surface area contributed by atoms with Crippen molar-refractivity contribution in [3.05, 3.63) is 35.4 Å². The van der Waals surface area contributed by atoms with E-state index in [1.807, 2.05) is 7.11 Å². The Morgan fingerprint density at radius 3 is 2.41 bits per heavy atom. The number of benzene rings is 1. The van der Waals surface area contributed by atoms with E-state index in [-0.39, 0.29) is 5.60 Å². The number of hydrogen-bond acceptors (Lipinski definition) is 2. The Hall–Kier alpha value is -0.860. The highest BCUT2D eigenvalue weighted by molar-refractivity contribution is 5.25. The van der Waals surface area contributed by atoms with E-state index in [1.165, 1.54) is 24.0 Å². The highest BCUT2D eigenvalue weighted by atomic mass is 16.5. The molecule has 1 fully saturated rings. The first-order valence-electron chi connectivity index (χ1n) is 6.53. The first kappa shape index (κ1) is 12.6. The van der Waals surface area contributed by atoms with Crippen LogP contribution < -0.4 is 5.73 Å². The molecule has 1 atom stereocenters. The van der Waals surface area contributed by atoms with Crippen LogP contribution in [0.2, 0.25) is 0 Å². The van der Waals surface area contributed by atoms with Gasteiger partial charge in [-0.25, -0.2) is 0 Å². The van der Waals surface area contributed by atoms with Crippen molar-refractivity contribution in [2.45, 2.75) is 44.1 Å². The van der Waals surface area contributed by atoms with E-state index in [1.54, 1.807) is 0 Å². The SMILES string of the molecule is COC1(CCc2ccc(C(C)CN)cc2)CC1. The van der Waals surface area contributed by atoms with E-state index >= 15 is 0 Å². The van der Waals surface area contributed by atoms with Crippen molar-refractivity contribution in [2.75, 3.05) is 13.7 Å². The maximum absolute atomic E-state index is 5.67. The molecule has 1 aromatic rings. The molecule has 1 aliphatic rings. The lowest BCUT2D eigenvalue weighted by Crippen LogP contribution is -2.12. The number of aryl methyl sites for hydroxylation is 1. The van der Waals surface area contributed by atoms with Gasteiger partial charge in [0.1, 0.15) is 0 Å². The summed E-state index contributed by atoms with van der Waals surface area (Å²) in [5.74, 6) is 0.456. The predicted octanol–water partition coefficient (Wildman–Crippen LogP) is 2.86. The van der Waals surface area contributed by atoms with Gasteiger partial charge in [0.15, 0.2) is 0 Å². The maximum Gasteiger partial charge on any atom is 0.0684 e. The fourth-order valence-electron chi connectivity index (χ4n) is 2.22. The number of ether oxygens (including phenoxy) is 1. The largest absolute Gasteiger partial charge is 0.378 e. The lowest BCUT2D eigenvalue weighted by Gasteiger charge is -2.13. The molecule has 1 aromatic carbocycles. The van der Waals surface area contributed by atoms with Crippen LogP contribution in [0.15, 0.2) is 24.3 Å². The van der Waals surface area contributed by atoms with Gasteiger partial charge >= 0.3 is 0 Å². The third kappa shape index (κ3) is 3.08. The van der Waals surface area contributed by atoms with Crippen LogP contribution in [0.3, 0.4) is 0 Å². The van der Waals surface area contributed by atoms with Crippen molar-refractivity contribution in [1.29, 1.82) is 0 Å². The molecular weight excluding hydrogens is 210 g/mol. The van der Waals surface area contributed by atoms with E-state index in [0.29, 0.717) is 12.5 Å². The molecule has 2 rings (SSSR count). The lowest BCUT2D eigenvalue weighted by atomic mass is 9.98. The number of hydrogen-bond donors (Lipinski definition) is 1. The predicted molar refractivity (Wildman–Crippen MR) is 71.2 cm³/mol. The van der Waals surface area contributed by atoms with Gasteiger partial charge < -0.3 is 10.5 Å². The number of nitrogens with two attached hydrogens (primary N) is 1. The summed E-state index contributed by atoms with van der Waals surface area (Å²) in [7, 11) is 1.83. The van der Waals surface area contributed by atoms with Crippen molar-refractivity contribution in [3.63, 3.8) is 0 Å². The van der Waals surface area contributed by atoms with Crippen molar-refractivity contribution in [1.82, 2.24) is 0 Å². The molecule has 17 heavy (non-hydrogen) atoms. The van der Waals surface area contributed by atoms with Gasteiger partial charge in [0.25, 0.3) is 0 Å². The van der Waals surface area contributed by atoms with E-state index in [2.05, 4.69) is 31.2 Å². The van der Waals surface area contributed by atoms with Gasteiger partial charge in [-0.1, -0.05) is 31.2 Å². The molecule has 0 amide bonds. The summed E-state index contributed by atoms with van der Waals surface area (Å²) in [6, 6.07) is 8.87. The molecular formula is C15H23NO. The first-order chi connectivity index (χ1) is 8.19. The van der Waals surface area contributed by atoms with Crippen molar-refractivity contribution in [3.8, 4) is 0 Å². The minimum atomic E-state index is 0.212. The van der Waals surface area contributed by atoms with Gasteiger partial charge in [-0.15, -0.1) is 0 Å². The van der Waals surface area contributed by atoms with Gasteiger partial charge in [0.2, 0.25) is 0 Å². The summed E-state index contributed by atoms with van der Waals surface area (Å²) in [5, 5.41) is 0. The van der Waals surface area contributed by atoms with Crippen LogP contribution in [-0.2, 0) is 11.2 Å². The van der Waals surface area contributed by atoms with Crippen molar-refractivity contribution < 1.29 is 4.74 Å². The molecule has 0 radical (unpaired) electrons. The summed E-state index contributed by atoms with van der Waals surface area (Å²) in [5.41, 5.74) is 8.62. The quantitative estimate of drug-likeness (QED) is 0.820. The molecule has 0 aliphatic heterocycles. The van der Waals surface area contributed by atoms with Crippen molar-refractivity contribution >= 4 is 0 Å². The van der Waals surface area contributed by atoms with E-state index < -0.39 is 0 Å². The molecule has 2 heteroatoms. The molecule has 1 saturated carbocycles. The minimum Gasteiger partial charge on any atom is -0.378 e. The summed E-state index contributed by atoms with van der Waals surface area (Å²) in [6.45, 7) is 2.88. The molecule has 1 unspecified atom stereocenters. The molecule has 0 spiro atoms. The third-order valence-corrected chi connectivity index (χ3v) is 4.01. The highest BCUT2D eigenvalue weighted by Crippen LogP contribution is 2.42. The molecule has 94 valence electrons. The Labute approximate surface area is 104 Å². The maximum atomic E-state index is 5.67. The van der Waals surface area contributed by atoms with Gasteiger partial charge in [0, 0.05) is 7.11 Å². The molecule has 2 nitrogen and oxygen atoms in total. The topological polar surface area (TPSA) is 35.2 Å².